The summed E-state index contributed by atoms with van der Waals surface area (Å²) in [4.78, 5) is 20.2. The Morgan fingerprint density at radius 3 is 2.73 bits per heavy atom. The van der Waals surface area contributed by atoms with Gasteiger partial charge in [0.1, 0.15) is 5.69 Å². The Kier molecular flexibility index (Phi) is 1.96. The van der Waals surface area contributed by atoms with Crippen LogP contribution in [-0.2, 0) is 0 Å². The van der Waals surface area contributed by atoms with Crippen LogP contribution in [0.4, 0.5) is 5.69 Å². The summed E-state index contributed by atoms with van der Waals surface area (Å²) in [6.45, 7) is 0. The molecule has 0 saturated heterocycles. The smallest absolute Gasteiger partial charge is 0.155 e. The van der Waals surface area contributed by atoms with Crippen LogP contribution in [-0.4, -0.2) is 11.4 Å². The molecule has 0 bridgehead atoms. The number of carbonyl (C=O) groups excluding carboxylic acids is 1. The summed E-state index contributed by atoms with van der Waals surface area (Å²) in [6.07, 6.45) is 0.462. The van der Waals surface area contributed by atoms with Crippen molar-refractivity contribution in [2.45, 2.75) is 0 Å². The first-order valence-corrected chi connectivity index (χ1v) is 2.90. The number of hydrogen-bond donors (Lipinski definition) is 1. The van der Waals surface area contributed by atoms with Gasteiger partial charge < -0.3 is 5.11 Å². The van der Waals surface area contributed by atoms with Crippen LogP contribution in [0.3, 0.4) is 0 Å². The van der Waals surface area contributed by atoms with Gasteiger partial charge in [0.2, 0.25) is 0 Å². The molecule has 0 heterocycles. The lowest BCUT2D eigenvalue weighted by atomic mass is 10.2. The Morgan fingerprint density at radius 1 is 1.45 bits per heavy atom. The molecule has 0 fully saturated rings. The van der Waals surface area contributed by atoms with Crippen molar-refractivity contribution in [1.82, 2.24) is 0 Å². The minimum atomic E-state index is -0.363. The van der Waals surface area contributed by atoms with Gasteiger partial charge in [0, 0.05) is 0 Å². The van der Waals surface area contributed by atoms with Crippen molar-refractivity contribution in [2.75, 3.05) is 0 Å². The van der Waals surface area contributed by atoms with Crippen LogP contribution in [0.1, 0.15) is 10.4 Å². The Morgan fingerprint density at radius 2 is 2.18 bits per heavy atom. The Labute approximate surface area is 62.4 Å². The quantitative estimate of drug-likeness (QED) is 0.515. The van der Waals surface area contributed by atoms with Crippen LogP contribution in [0.25, 0.3) is 0 Å². The normalized spacial score (nSPS) is 9.09. The van der Waals surface area contributed by atoms with E-state index in [9.17, 15) is 9.70 Å². The maximum Gasteiger partial charge on any atom is 0.155 e. The van der Waals surface area contributed by atoms with Crippen molar-refractivity contribution in [3.8, 4) is 5.75 Å². The van der Waals surface area contributed by atoms with Crippen molar-refractivity contribution in [1.29, 1.82) is 0 Å². The Balaban J connectivity index is 3.30. The summed E-state index contributed by atoms with van der Waals surface area (Å²) in [5.74, 6) is -0.363. The van der Waals surface area contributed by atoms with Crippen LogP contribution in [0.15, 0.2) is 23.4 Å². The molecular weight excluding hydrogens is 146 g/mol. The first-order valence-electron chi connectivity index (χ1n) is 2.90. The SMILES string of the molecule is O=Cc1cccc(N=O)c1O. The van der Waals surface area contributed by atoms with E-state index in [0.29, 0.717) is 6.29 Å². The molecule has 11 heavy (non-hydrogen) atoms. The van der Waals surface area contributed by atoms with Gasteiger partial charge in [-0.3, -0.25) is 4.79 Å². The van der Waals surface area contributed by atoms with Crippen molar-refractivity contribution in [3.05, 3.63) is 28.7 Å². The van der Waals surface area contributed by atoms with Gasteiger partial charge in [-0.05, 0) is 17.3 Å². The molecule has 4 heteroatoms. The number of aromatic hydroxyl groups is 1. The number of nitroso groups, excluding NO2 is 1. The van der Waals surface area contributed by atoms with E-state index in [2.05, 4.69) is 5.18 Å². The Hall–Kier alpha value is -1.71. The molecular formula is C7H5NO3. The zero-order chi connectivity index (χ0) is 8.27. The number of para-hydroxylation sites is 1. The minimum Gasteiger partial charge on any atom is -0.505 e. The third-order valence-electron chi connectivity index (χ3n) is 1.27. The molecule has 1 aromatic carbocycles. The van der Waals surface area contributed by atoms with E-state index >= 15 is 0 Å². The summed E-state index contributed by atoms with van der Waals surface area (Å²) >= 11 is 0. The van der Waals surface area contributed by atoms with Crippen LogP contribution < -0.4 is 0 Å². The van der Waals surface area contributed by atoms with Crippen molar-refractivity contribution >= 4 is 12.0 Å². The number of aldehydes is 1. The standard InChI is InChI=1S/C7H5NO3/c9-4-5-2-1-3-6(8-11)7(5)10/h1-4,10H. The zero-order valence-corrected chi connectivity index (χ0v) is 5.52. The molecule has 0 radical (unpaired) electrons. The molecule has 1 N–H and O–H groups in total. The van der Waals surface area contributed by atoms with Gasteiger partial charge in [0.15, 0.2) is 12.0 Å². The van der Waals surface area contributed by atoms with Gasteiger partial charge in [-0.15, -0.1) is 4.91 Å². The van der Waals surface area contributed by atoms with Crippen LogP contribution in [0, 0.1) is 4.91 Å². The predicted octanol–water partition coefficient (Wildman–Crippen LogP) is 1.60. The topological polar surface area (TPSA) is 66.7 Å². The summed E-state index contributed by atoms with van der Waals surface area (Å²) < 4.78 is 0. The van der Waals surface area contributed by atoms with Gasteiger partial charge in [-0.2, -0.15) is 0 Å². The number of nitrogens with zero attached hydrogens (tertiary/aromatic N) is 1. The Bertz CT molecular complexity index is 269. The molecule has 0 saturated carbocycles. The fourth-order valence-electron chi connectivity index (χ4n) is 0.717. The molecule has 0 aliphatic rings. The number of rotatable bonds is 2. The number of phenols is 1. The summed E-state index contributed by atoms with van der Waals surface area (Å²) in [7, 11) is 0. The lowest BCUT2D eigenvalue weighted by molar-refractivity contribution is 0.112. The van der Waals surface area contributed by atoms with E-state index in [1.807, 2.05) is 0 Å². The second-order valence-electron chi connectivity index (χ2n) is 1.92. The van der Waals surface area contributed by atoms with Gasteiger partial charge in [-0.25, -0.2) is 0 Å². The van der Waals surface area contributed by atoms with E-state index in [4.69, 9.17) is 5.11 Å². The molecule has 0 aromatic heterocycles. The average Bonchev–Trinajstić information content (AvgIpc) is 2.05. The summed E-state index contributed by atoms with van der Waals surface area (Å²) in [6, 6.07) is 4.20. The fraction of sp³-hybridized carbons (Fsp3) is 0. The number of carbonyl (C=O) groups is 1. The largest absolute Gasteiger partial charge is 0.505 e. The molecule has 0 aliphatic heterocycles. The van der Waals surface area contributed by atoms with Gasteiger partial charge >= 0.3 is 0 Å². The van der Waals surface area contributed by atoms with Crippen LogP contribution >= 0.6 is 0 Å². The van der Waals surface area contributed by atoms with Gasteiger partial charge in [-0.1, -0.05) is 6.07 Å². The molecule has 1 rings (SSSR count). The zero-order valence-electron chi connectivity index (χ0n) is 5.52. The van der Waals surface area contributed by atoms with E-state index in [1.54, 1.807) is 0 Å². The molecule has 0 unspecified atom stereocenters. The maximum atomic E-state index is 10.2. The van der Waals surface area contributed by atoms with Crippen LogP contribution in [0.2, 0.25) is 0 Å². The first-order chi connectivity index (χ1) is 5.29. The van der Waals surface area contributed by atoms with Crippen molar-refractivity contribution in [3.63, 3.8) is 0 Å². The number of benzene rings is 1. The van der Waals surface area contributed by atoms with E-state index in [0.717, 1.165) is 0 Å². The highest BCUT2D eigenvalue weighted by atomic mass is 16.3. The third-order valence-corrected chi connectivity index (χ3v) is 1.27. The molecule has 0 aliphatic carbocycles. The molecule has 56 valence electrons. The van der Waals surface area contributed by atoms with Crippen molar-refractivity contribution in [2.24, 2.45) is 5.18 Å². The molecule has 0 atom stereocenters. The van der Waals surface area contributed by atoms with E-state index in [-0.39, 0.29) is 17.0 Å². The average molecular weight is 151 g/mol. The van der Waals surface area contributed by atoms with Gasteiger partial charge in [0.25, 0.3) is 0 Å². The predicted molar refractivity (Wildman–Crippen MR) is 38.9 cm³/mol. The fourth-order valence-corrected chi connectivity index (χ4v) is 0.717. The molecule has 1 aromatic rings. The number of hydrogen-bond acceptors (Lipinski definition) is 4. The minimum absolute atomic E-state index is 0.0714. The lowest BCUT2D eigenvalue weighted by Crippen LogP contribution is -1.79. The third kappa shape index (κ3) is 1.24. The van der Waals surface area contributed by atoms with Crippen molar-refractivity contribution < 1.29 is 9.90 Å². The second kappa shape index (κ2) is 2.92. The molecule has 0 amide bonds. The van der Waals surface area contributed by atoms with Crippen LogP contribution in [0.5, 0.6) is 5.75 Å². The van der Waals surface area contributed by atoms with E-state index in [1.165, 1.54) is 18.2 Å². The monoisotopic (exact) mass is 151 g/mol. The number of phenolic OH excluding ortho intramolecular Hbond substituents is 1. The highest BCUT2D eigenvalue weighted by Crippen LogP contribution is 2.28. The highest BCUT2D eigenvalue weighted by Gasteiger charge is 2.04. The van der Waals surface area contributed by atoms with Gasteiger partial charge in [0.05, 0.1) is 5.56 Å². The highest BCUT2D eigenvalue weighted by molar-refractivity contribution is 5.82. The summed E-state index contributed by atoms with van der Waals surface area (Å²) in [5.41, 5.74) is -0.0447. The first kappa shape index (κ1) is 7.40. The molecule has 0 spiro atoms. The molecule has 4 nitrogen and oxygen atoms in total. The van der Waals surface area contributed by atoms with E-state index < -0.39 is 0 Å². The second-order valence-corrected chi connectivity index (χ2v) is 1.92. The lowest BCUT2D eigenvalue weighted by Gasteiger charge is -1.96. The maximum absolute atomic E-state index is 10.2. The summed E-state index contributed by atoms with van der Waals surface area (Å²) in [5, 5.41) is 11.6.